The molecule has 0 saturated carbocycles. The molecular weight excluding hydrogens is 154 g/mol. The summed E-state index contributed by atoms with van der Waals surface area (Å²) in [5, 5.41) is 12.1. The van der Waals surface area contributed by atoms with Crippen molar-refractivity contribution in [3.8, 4) is 0 Å². The number of piperidine rings is 1. The van der Waals surface area contributed by atoms with Gasteiger partial charge in [-0.2, -0.15) is 0 Å². The molecule has 68 valence electrons. The lowest BCUT2D eigenvalue weighted by atomic mass is 9.83. The van der Waals surface area contributed by atoms with E-state index >= 15 is 0 Å². The Labute approximate surface area is 72.5 Å². The average molecular weight is 169 g/mol. The summed E-state index contributed by atoms with van der Waals surface area (Å²) < 4.78 is 0. The first-order chi connectivity index (χ1) is 5.65. The second-order valence-electron chi connectivity index (χ2n) is 3.31. The van der Waals surface area contributed by atoms with E-state index in [0.717, 1.165) is 0 Å². The summed E-state index contributed by atoms with van der Waals surface area (Å²) in [6, 6.07) is 0. The number of aliphatic hydroxyl groups excluding tert-OH is 1. The first-order valence-electron chi connectivity index (χ1n) is 4.22. The summed E-state index contributed by atoms with van der Waals surface area (Å²) in [6.45, 7) is 5.97. The van der Waals surface area contributed by atoms with Crippen molar-refractivity contribution in [2.75, 3.05) is 6.54 Å². The molecule has 0 aromatic heterocycles. The molecule has 1 heterocycles. The van der Waals surface area contributed by atoms with E-state index in [0.29, 0.717) is 13.0 Å². The maximum absolute atomic E-state index is 11.0. The fourth-order valence-corrected chi connectivity index (χ4v) is 1.61. The van der Waals surface area contributed by atoms with E-state index in [2.05, 4.69) is 11.9 Å². The van der Waals surface area contributed by atoms with Gasteiger partial charge in [-0.1, -0.05) is 6.08 Å². The van der Waals surface area contributed by atoms with Gasteiger partial charge in [-0.3, -0.25) is 4.79 Å². The number of carbonyl (C=O) groups excluding carboxylic acids is 1. The normalized spacial score (nSPS) is 32.3. The van der Waals surface area contributed by atoms with Gasteiger partial charge in [0.15, 0.2) is 0 Å². The summed E-state index contributed by atoms with van der Waals surface area (Å²) in [5.41, 5.74) is 0. The van der Waals surface area contributed by atoms with Crippen LogP contribution in [0.1, 0.15) is 13.3 Å². The largest absolute Gasteiger partial charge is 0.393 e. The molecule has 3 nitrogen and oxygen atoms in total. The number of nitrogens with one attached hydrogen (secondary N) is 1. The Morgan fingerprint density at radius 1 is 1.83 bits per heavy atom. The fraction of sp³-hybridized carbons (Fsp3) is 0.667. The highest BCUT2D eigenvalue weighted by Crippen LogP contribution is 2.23. The molecule has 1 aliphatic heterocycles. The predicted molar refractivity (Wildman–Crippen MR) is 46.5 cm³/mol. The highest BCUT2D eigenvalue weighted by molar-refractivity contribution is 5.77. The molecule has 3 atom stereocenters. The second-order valence-corrected chi connectivity index (χ2v) is 3.31. The molecule has 2 N–H and O–H groups in total. The van der Waals surface area contributed by atoms with Crippen LogP contribution >= 0.6 is 0 Å². The fourth-order valence-electron chi connectivity index (χ4n) is 1.61. The number of hydrogen-bond donors (Lipinski definition) is 2. The van der Waals surface area contributed by atoms with Gasteiger partial charge in [-0.15, -0.1) is 6.58 Å². The van der Waals surface area contributed by atoms with Gasteiger partial charge in [-0.05, 0) is 12.8 Å². The number of carbonyl (C=O) groups is 1. The van der Waals surface area contributed by atoms with Gasteiger partial charge in [0.1, 0.15) is 0 Å². The van der Waals surface area contributed by atoms with Crippen LogP contribution in [-0.4, -0.2) is 23.7 Å². The molecule has 0 aromatic rings. The van der Waals surface area contributed by atoms with Crippen LogP contribution in [0.4, 0.5) is 0 Å². The molecule has 12 heavy (non-hydrogen) atoms. The zero-order valence-corrected chi connectivity index (χ0v) is 7.29. The smallest absolute Gasteiger partial charge is 0.220 e. The lowest BCUT2D eigenvalue weighted by molar-refractivity contribution is -0.124. The highest BCUT2D eigenvalue weighted by atomic mass is 16.3. The quantitative estimate of drug-likeness (QED) is 0.584. The molecule has 0 aliphatic carbocycles. The van der Waals surface area contributed by atoms with Gasteiger partial charge in [0.25, 0.3) is 0 Å². The lowest BCUT2D eigenvalue weighted by Gasteiger charge is -2.31. The first kappa shape index (κ1) is 9.26. The number of aliphatic hydroxyl groups is 1. The minimum absolute atomic E-state index is 0.0526. The van der Waals surface area contributed by atoms with Crippen LogP contribution in [-0.2, 0) is 4.79 Å². The number of rotatable bonds is 2. The van der Waals surface area contributed by atoms with Crippen LogP contribution in [0.5, 0.6) is 0 Å². The van der Waals surface area contributed by atoms with Gasteiger partial charge >= 0.3 is 0 Å². The zero-order valence-electron chi connectivity index (χ0n) is 7.29. The predicted octanol–water partition coefficient (Wildman–Crippen LogP) is 0.305. The van der Waals surface area contributed by atoms with Crippen LogP contribution in [0, 0.1) is 11.8 Å². The third kappa shape index (κ3) is 1.85. The van der Waals surface area contributed by atoms with Gasteiger partial charge in [-0.25, -0.2) is 0 Å². The number of allylic oxidation sites excluding steroid dienone is 1. The summed E-state index contributed by atoms with van der Waals surface area (Å²) in [6.07, 6.45) is 1.84. The molecule has 1 rings (SSSR count). The second kappa shape index (κ2) is 3.72. The number of hydrogen-bond acceptors (Lipinski definition) is 2. The Balaban J connectivity index is 2.62. The van der Waals surface area contributed by atoms with Crippen molar-refractivity contribution in [1.29, 1.82) is 0 Å². The Morgan fingerprint density at radius 2 is 2.50 bits per heavy atom. The number of amides is 1. The van der Waals surface area contributed by atoms with Gasteiger partial charge in [0, 0.05) is 18.9 Å². The van der Waals surface area contributed by atoms with Crippen molar-refractivity contribution in [3.05, 3.63) is 12.7 Å². The zero-order chi connectivity index (χ0) is 9.14. The standard InChI is InChI=1S/C9H15NO2/c1-3-7-4-9(12)10-5-8(7)6(2)11/h3,6-8,11H,1,4-5H2,2H3,(H,10,12)/t6-,7-,8+/m0/s1. The summed E-state index contributed by atoms with van der Waals surface area (Å²) >= 11 is 0. The van der Waals surface area contributed by atoms with Gasteiger partial charge in [0.05, 0.1) is 6.10 Å². The minimum atomic E-state index is -0.381. The third-order valence-electron chi connectivity index (χ3n) is 2.43. The minimum Gasteiger partial charge on any atom is -0.393 e. The third-order valence-corrected chi connectivity index (χ3v) is 2.43. The van der Waals surface area contributed by atoms with Crippen LogP contribution in [0.2, 0.25) is 0 Å². The first-order valence-corrected chi connectivity index (χ1v) is 4.22. The summed E-state index contributed by atoms with van der Waals surface area (Å²) in [7, 11) is 0. The Hall–Kier alpha value is -0.830. The van der Waals surface area contributed by atoms with E-state index in [-0.39, 0.29) is 23.8 Å². The van der Waals surface area contributed by atoms with Crippen molar-refractivity contribution in [1.82, 2.24) is 5.32 Å². The summed E-state index contributed by atoms with van der Waals surface area (Å²) in [5.74, 6) is 0.302. The van der Waals surface area contributed by atoms with Crippen molar-refractivity contribution in [3.63, 3.8) is 0 Å². The van der Waals surface area contributed by atoms with Crippen LogP contribution in [0.25, 0.3) is 0 Å². The molecular formula is C9H15NO2. The Bertz CT molecular complexity index is 189. The van der Waals surface area contributed by atoms with Crippen LogP contribution < -0.4 is 5.32 Å². The Kier molecular flexibility index (Phi) is 2.87. The van der Waals surface area contributed by atoms with Crippen molar-refractivity contribution in [2.45, 2.75) is 19.4 Å². The van der Waals surface area contributed by atoms with E-state index in [4.69, 9.17) is 0 Å². The molecule has 0 bridgehead atoms. The molecule has 0 spiro atoms. The Morgan fingerprint density at radius 3 is 3.00 bits per heavy atom. The van der Waals surface area contributed by atoms with E-state index in [1.165, 1.54) is 0 Å². The van der Waals surface area contributed by atoms with Crippen molar-refractivity contribution in [2.24, 2.45) is 11.8 Å². The van der Waals surface area contributed by atoms with E-state index in [1.54, 1.807) is 13.0 Å². The maximum Gasteiger partial charge on any atom is 0.220 e. The molecule has 1 amide bonds. The molecule has 0 radical (unpaired) electrons. The van der Waals surface area contributed by atoms with Crippen LogP contribution in [0.15, 0.2) is 12.7 Å². The van der Waals surface area contributed by atoms with Crippen molar-refractivity contribution >= 4 is 5.91 Å². The van der Waals surface area contributed by atoms with Crippen LogP contribution in [0.3, 0.4) is 0 Å². The highest BCUT2D eigenvalue weighted by Gasteiger charge is 2.29. The molecule has 0 aromatic carbocycles. The van der Waals surface area contributed by atoms with E-state index < -0.39 is 0 Å². The van der Waals surface area contributed by atoms with E-state index in [1.807, 2.05) is 0 Å². The van der Waals surface area contributed by atoms with E-state index in [9.17, 15) is 9.90 Å². The molecule has 1 saturated heterocycles. The van der Waals surface area contributed by atoms with Gasteiger partial charge < -0.3 is 10.4 Å². The topological polar surface area (TPSA) is 49.3 Å². The van der Waals surface area contributed by atoms with Crippen molar-refractivity contribution < 1.29 is 9.90 Å². The SMILES string of the molecule is C=C[C@H]1CC(=O)NC[C@@H]1[C@H](C)O. The summed E-state index contributed by atoms with van der Waals surface area (Å²) in [4.78, 5) is 11.0. The molecule has 1 aliphatic rings. The molecule has 0 unspecified atom stereocenters. The lowest BCUT2D eigenvalue weighted by Crippen LogP contribution is -2.44. The van der Waals surface area contributed by atoms with Gasteiger partial charge in [0.2, 0.25) is 5.91 Å². The maximum atomic E-state index is 11.0. The average Bonchev–Trinajstić information content (AvgIpc) is 2.03. The molecule has 1 fully saturated rings. The monoisotopic (exact) mass is 169 g/mol. The molecule has 3 heteroatoms.